The predicted molar refractivity (Wildman–Crippen MR) is 74.1 cm³/mol. The number of benzene rings is 1. The summed E-state index contributed by atoms with van der Waals surface area (Å²) < 4.78 is 0. The summed E-state index contributed by atoms with van der Waals surface area (Å²) in [5.74, 6) is 0.988. The molecule has 0 aliphatic heterocycles. The zero-order chi connectivity index (χ0) is 12.3. The number of nitrogens with one attached hydrogen (secondary N) is 1. The molecule has 0 radical (unpaired) electrons. The fraction of sp³-hybridized carbons (Fsp3) is 0.625. The summed E-state index contributed by atoms with van der Waals surface area (Å²) in [6.45, 7) is 6.75. The van der Waals surface area contributed by atoms with E-state index in [2.05, 4.69) is 50.4 Å². The van der Waals surface area contributed by atoms with Crippen LogP contribution in [-0.2, 0) is 0 Å². The van der Waals surface area contributed by atoms with Crippen LogP contribution in [0.15, 0.2) is 24.3 Å². The van der Waals surface area contributed by atoms with E-state index in [9.17, 15) is 0 Å². The second-order valence-electron chi connectivity index (χ2n) is 5.74. The molecule has 0 spiro atoms. The van der Waals surface area contributed by atoms with E-state index in [1.165, 1.54) is 36.8 Å². The van der Waals surface area contributed by atoms with Crippen molar-refractivity contribution in [1.29, 1.82) is 0 Å². The predicted octanol–water partition coefficient (Wildman–Crippen LogP) is 4.22. The monoisotopic (exact) mass is 231 g/mol. The molecule has 1 N–H and O–H groups in total. The molecule has 94 valence electrons. The molecule has 0 heterocycles. The Morgan fingerprint density at radius 3 is 2.65 bits per heavy atom. The molecule has 1 unspecified atom stereocenters. The van der Waals surface area contributed by atoms with Crippen LogP contribution in [0.1, 0.15) is 56.7 Å². The van der Waals surface area contributed by atoms with Gasteiger partial charge in [-0.15, -0.1) is 0 Å². The lowest BCUT2D eigenvalue weighted by molar-refractivity contribution is 0.259. The van der Waals surface area contributed by atoms with Crippen LogP contribution < -0.4 is 5.32 Å². The van der Waals surface area contributed by atoms with Crippen molar-refractivity contribution in [2.24, 2.45) is 5.92 Å². The van der Waals surface area contributed by atoms with Crippen LogP contribution in [0.3, 0.4) is 0 Å². The lowest BCUT2D eigenvalue weighted by atomic mass is 9.81. The van der Waals surface area contributed by atoms with Gasteiger partial charge >= 0.3 is 0 Å². The van der Waals surface area contributed by atoms with Crippen molar-refractivity contribution < 1.29 is 0 Å². The Balaban J connectivity index is 1.84. The first-order valence-electron chi connectivity index (χ1n) is 6.98. The highest BCUT2D eigenvalue weighted by Crippen LogP contribution is 2.30. The summed E-state index contributed by atoms with van der Waals surface area (Å²) >= 11 is 0. The van der Waals surface area contributed by atoms with E-state index in [-0.39, 0.29) is 0 Å². The van der Waals surface area contributed by atoms with Crippen molar-refractivity contribution in [3.05, 3.63) is 35.4 Å². The van der Waals surface area contributed by atoms with Crippen molar-refractivity contribution in [3.8, 4) is 0 Å². The summed E-state index contributed by atoms with van der Waals surface area (Å²) in [6, 6.07) is 9.92. The molecule has 0 aromatic heterocycles. The molecular formula is C16H25N. The van der Waals surface area contributed by atoms with Gasteiger partial charge in [0.1, 0.15) is 0 Å². The molecule has 2 atom stereocenters. The lowest BCUT2D eigenvalue weighted by Crippen LogP contribution is -2.32. The van der Waals surface area contributed by atoms with Crippen molar-refractivity contribution in [1.82, 2.24) is 5.32 Å². The van der Waals surface area contributed by atoms with Crippen LogP contribution in [-0.4, -0.2) is 6.04 Å². The maximum atomic E-state index is 3.72. The molecule has 0 saturated heterocycles. The molecule has 0 amide bonds. The van der Waals surface area contributed by atoms with Gasteiger partial charge < -0.3 is 5.32 Å². The SMILES string of the molecule is Cc1cccc([C@H](C)NC(C)CC2CCC2)c1. The topological polar surface area (TPSA) is 12.0 Å². The molecule has 1 aromatic carbocycles. The fourth-order valence-corrected chi connectivity index (χ4v) is 2.76. The molecule has 1 heteroatoms. The normalized spacial score (nSPS) is 19.7. The van der Waals surface area contributed by atoms with E-state index in [1.807, 2.05) is 0 Å². The third-order valence-corrected chi connectivity index (χ3v) is 3.99. The van der Waals surface area contributed by atoms with Crippen LogP contribution in [0, 0.1) is 12.8 Å². The molecule has 1 fully saturated rings. The van der Waals surface area contributed by atoms with Gasteiger partial charge in [0.15, 0.2) is 0 Å². The minimum absolute atomic E-state index is 0.463. The molecule has 17 heavy (non-hydrogen) atoms. The van der Waals surface area contributed by atoms with Crippen LogP contribution in [0.4, 0.5) is 0 Å². The average Bonchev–Trinajstić information content (AvgIpc) is 2.23. The first-order chi connectivity index (χ1) is 8.15. The van der Waals surface area contributed by atoms with Crippen molar-refractivity contribution in [2.45, 2.75) is 58.5 Å². The quantitative estimate of drug-likeness (QED) is 0.800. The summed E-state index contributed by atoms with van der Waals surface area (Å²) in [6.07, 6.45) is 5.69. The van der Waals surface area contributed by atoms with Crippen molar-refractivity contribution >= 4 is 0 Å². The molecular weight excluding hydrogens is 206 g/mol. The largest absolute Gasteiger partial charge is 0.308 e. The smallest absolute Gasteiger partial charge is 0.0294 e. The van der Waals surface area contributed by atoms with Gasteiger partial charge in [-0.3, -0.25) is 0 Å². The minimum Gasteiger partial charge on any atom is -0.308 e. The maximum absolute atomic E-state index is 3.72. The third kappa shape index (κ3) is 3.57. The number of rotatable bonds is 5. The van der Waals surface area contributed by atoms with Crippen LogP contribution in [0.25, 0.3) is 0 Å². The van der Waals surface area contributed by atoms with Gasteiger partial charge in [-0.05, 0) is 38.7 Å². The molecule has 1 aromatic rings. The molecule has 2 rings (SSSR count). The summed E-state index contributed by atoms with van der Waals surface area (Å²) in [5, 5.41) is 3.72. The minimum atomic E-state index is 0.463. The van der Waals surface area contributed by atoms with Gasteiger partial charge in [0, 0.05) is 12.1 Å². The highest BCUT2D eigenvalue weighted by molar-refractivity contribution is 5.24. The van der Waals surface area contributed by atoms with Gasteiger partial charge in [-0.1, -0.05) is 49.1 Å². The molecule has 0 bridgehead atoms. The standard InChI is InChI=1S/C16H25N/c1-12-6-4-9-16(10-12)14(3)17-13(2)11-15-7-5-8-15/h4,6,9-10,13-15,17H,5,7-8,11H2,1-3H3/t13?,14-/m0/s1. The second kappa shape index (κ2) is 5.68. The molecule has 1 aliphatic rings. The maximum Gasteiger partial charge on any atom is 0.0294 e. The van der Waals surface area contributed by atoms with Crippen LogP contribution in [0.5, 0.6) is 0 Å². The van der Waals surface area contributed by atoms with E-state index in [0.717, 1.165) is 5.92 Å². The van der Waals surface area contributed by atoms with Gasteiger partial charge in [0.25, 0.3) is 0 Å². The van der Waals surface area contributed by atoms with E-state index in [0.29, 0.717) is 12.1 Å². The van der Waals surface area contributed by atoms with Crippen molar-refractivity contribution in [3.63, 3.8) is 0 Å². The van der Waals surface area contributed by atoms with Crippen LogP contribution in [0.2, 0.25) is 0 Å². The number of hydrogen-bond acceptors (Lipinski definition) is 1. The Morgan fingerprint density at radius 1 is 1.29 bits per heavy atom. The van der Waals surface area contributed by atoms with Gasteiger partial charge in [0.05, 0.1) is 0 Å². The molecule has 1 nitrogen and oxygen atoms in total. The molecule has 1 saturated carbocycles. The lowest BCUT2D eigenvalue weighted by Gasteiger charge is -2.30. The summed E-state index contributed by atoms with van der Waals surface area (Å²) in [7, 11) is 0. The Morgan fingerprint density at radius 2 is 2.06 bits per heavy atom. The Hall–Kier alpha value is -0.820. The third-order valence-electron chi connectivity index (χ3n) is 3.99. The fourth-order valence-electron chi connectivity index (χ4n) is 2.76. The first-order valence-corrected chi connectivity index (χ1v) is 6.98. The molecule has 1 aliphatic carbocycles. The van der Waals surface area contributed by atoms with E-state index >= 15 is 0 Å². The van der Waals surface area contributed by atoms with E-state index < -0.39 is 0 Å². The van der Waals surface area contributed by atoms with E-state index in [4.69, 9.17) is 0 Å². The Labute approximate surface area is 106 Å². The Kier molecular flexibility index (Phi) is 4.22. The summed E-state index contributed by atoms with van der Waals surface area (Å²) in [5.41, 5.74) is 2.76. The summed E-state index contributed by atoms with van der Waals surface area (Å²) in [4.78, 5) is 0. The zero-order valence-corrected chi connectivity index (χ0v) is 11.4. The van der Waals surface area contributed by atoms with Crippen LogP contribution >= 0.6 is 0 Å². The van der Waals surface area contributed by atoms with E-state index in [1.54, 1.807) is 0 Å². The highest BCUT2D eigenvalue weighted by atomic mass is 14.9. The van der Waals surface area contributed by atoms with Gasteiger partial charge in [-0.25, -0.2) is 0 Å². The number of aryl methyl sites for hydroxylation is 1. The average molecular weight is 231 g/mol. The van der Waals surface area contributed by atoms with Gasteiger partial charge in [-0.2, -0.15) is 0 Å². The number of hydrogen-bond donors (Lipinski definition) is 1. The first kappa shape index (κ1) is 12.6. The zero-order valence-electron chi connectivity index (χ0n) is 11.4. The highest BCUT2D eigenvalue weighted by Gasteiger charge is 2.20. The Bertz CT molecular complexity index is 354. The van der Waals surface area contributed by atoms with Crippen molar-refractivity contribution in [2.75, 3.05) is 0 Å². The van der Waals surface area contributed by atoms with Gasteiger partial charge in [0.2, 0.25) is 0 Å². The second-order valence-corrected chi connectivity index (χ2v) is 5.74.